The van der Waals surface area contributed by atoms with Crippen molar-refractivity contribution in [3.05, 3.63) is 81.5 Å². The molecule has 1 heterocycles. The topological polar surface area (TPSA) is 75.3 Å². The minimum atomic E-state index is -3.89. The van der Waals surface area contributed by atoms with Crippen molar-refractivity contribution in [1.82, 2.24) is 5.32 Å². The van der Waals surface area contributed by atoms with Crippen LogP contribution in [-0.4, -0.2) is 14.3 Å². The van der Waals surface area contributed by atoms with Gasteiger partial charge in [-0.25, -0.2) is 8.42 Å². The summed E-state index contributed by atoms with van der Waals surface area (Å²) in [7, 11) is -3.89. The molecule has 0 aliphatic carbocycles. The smallest absolute Gasteiger partial charge is 0.261 e. The van der Waals surface area contributed by atoms with Gasteiger partial charge in [0.25, 0.3) is 15.9 Å². The molecule has 0 saturated carbocycles. The Kier molecular flexibility index (Phi) is 6.62. The van der Waals surface area contributed by atoms with E-state index >= 15 is 0 Å². The van der Waals surface area contributed by atoms with Crippen molar-refractivity contribution in [2.24, 2.45) is 5.92 Å². The van der Waals surface area contributed by atoms with E-state index in [1.54, 1.807) is 47.7 Å². The number of para-hydroxylation sites is 1. The number of sulfonamides is 1. The van der Waals surface area contributed by atoms with Crippen molar-refractivity contribution in [3.8, 4) is 0 Å². The predicted molar refractivity (Wildman–Crippen MR) is 118 cm³/mol. The molecule has 2 aromatic carbocycles. The highest BCUT2D eigenvalue weighted by Gasteiger charge is 2.22. The van der Waals surface area contributed by atoms with Gasteiger partial charge in [-0.1, -0.05) is 49.7 Å². The van der Waals surface area contributed by atoms with Crippen LogP contribution in [0, 0.1) is 5.92 Å². The summed E-state index contributed by atoms with van der Waals surface area (Å²) in [5, 5.41) is 5.26. The lowest BCUT2D eigenvalue weighted by molar-refractivity contribution is 0.0926. The molecule has 1 aromatic heterocycles. The fourth-order valence-corrected chi connectivity index (χ4v) is 5.12. The van der Waals surface area contributed by atoms with Crippen LogP contribution in [0.15, 0.2) is 70.9 Å². The van der Waals surface area contributed by atoms with Gasteiger partial charge in [-0.3, -0.25) is 9.52 Å². The van der Waals surface area contributed by atoms with Gasteiger partial charge in [0.1, 0.15) is 0 Å². The van der Waals surface area contributed by atoms with Gasteiger partial charge in [0.2, 0.25) is 0 Å². The van der Waals surface area contributed by atoms with Crippen molar-refractivity contribution in [2.75, 3.05) is 4.72 Å². The summed E-state index contributed by atoms with van der Waals surface area (Å²) in [6, 6.07) is 16.3. The lowest BCUT2D eigenvalue weighted by Crippen LogP contribution is -2.31. The highest BCUT2D eigenvalue weighted by Crippen LogP contribution is 2.27. The molecule has 5 nitrogen and oxygen atoms in total. The van der Waals surface area contributed by atoms with Crippen LogP contribution in [0.3, 0.4) is 0 Å². The van der Waals surface area contributed by atoms with Crippen LogP contribution >= 0.6 is 22.9 Å². The molecule has 1 atom stereocenters. The molecule has 152 valence electrons. The van der Waals surface area contributed by atoms with Crippen LogP contribution < -0.4 is 10.0 Å². The highest BCUT2D eigenvalue weighted by molar-refractivity contribution is 7.92. The lowest BCUT2D eigenvalue weighted by Gasteiger charge is -2.21. The summed E-state index contributed by atoms with van der Waals surface area (Å²) in [5.41, 5.74) is 0.552. The van der Waals surface area contributed by atoms with E-state index in [-0.39, 0.29) is 34.0 Å². The van der Waals surface area contributed by atoms with Crippen LogP contribution in [-0.2, 0) is 10.0 Å². The summed E-state index contributed by atoms with van der Waals surface area (Å²) in [5.74, 6) is -0.140. The molecule has 0 saturated heterocycles. The molecule has 1 amide bonds. The zero-order valence-electron chi connectivity index (χ0n) is 15.9. The first-order chi connectivity index (χ1) is 13.8. The van der Waals surface area contributed by atoms with Crippen LogP contribution in [0.4, 0.5) is 5.69 Å². The number of benzene rings is 2. The van der Waals surface area contributed by atoms with E-state index in [0.29, 0.717) is 5.02 Å². The summed E-state index contributed by atoms with van der Waals surface area (Å²) >= 11 is 7.62. The van der Waals surface area contributed by atoms with E-state index in [1.165, 1.54) is 12.1 Å². The Labute approximate surface area is 179 Å². The Hall–Kier alpha value is -2.35. The molecule has 0 bridgehead atoms. The zero-order valence-corrected chi connectivity index (χ0v) is 18.3. The first kappa shape index (κ1) is 21.4. The molecular weight excluding hydrogens is 428 g/mol. The maximum absolute atomic E-state index is 12.8. The number of thiophene rings is 1. The third-order valence-electron chi connectivity index (χ3n) is 4.33. The number of anilines is 1. The van der Waals surface area contributed by atoms with E-state index in [2.05, 4.69) is 10.0 Å². The number of halogens is 1. The quantitative estimate of drug-likeness (QED) is 0.513. The van der Waals surface area contributed by atoms with Gasteiger partial charge in [0, 0.05) is 10.4 Å². The van der Waals surface area contributed by atoms with Gasteiger partial charge >= 0.3 is 0 Å². The molecule has 0 fully saturated rings. The minimum Gasteiger partial charge on any atom is -0.344 e. The zero-order chi connectivity index (χ0) is 21.0. The normalized spacial score (nSPS) is 12.6. The van der Waals surface area contributed by atoms with Gasteiger partial charge in [-0.15, -0.1) is 11.3 Å². The van der Waals surface area contributed by atoms with Gasteiger partial charge in [-0.05, 0) is 47.7 Å². The second-order valence-electron chi connectivity index (χ2n) is 6.82. The molecule has 0 aliphatic rings. The SMILES string of the molecule is CC(C)C(NC(=O)c1cccc(S(=O)(=O)Nc2ccccc2Cl)c1)c1cccs1. The van der Waals surface area contributed by atoms with Gasteiger partial charge in [-0.2, -0.15) is 0 Å². The lowest BCUT2D eigenvalue weighted by atomic mass is 10.0. The standard InChI is InChI=1S/C21H21ClN2O3S2/c1-14(2)20(19-11-6-12-28-19)23-21(25)15-7-5-8-16(13-15)29(26,27)24-18-10-4-3-9-17(18)22/h3-14,20,24H,1-2H3,(H,23,25). The molecule has 2 N–H and O–H groups in total. The van der Waals surface area contributed by atoms with Crippen molar-refractivity contribution in [2.45, 2.75) is 24.8 Å². The number of carbonyl (C=O) groups excluding carboxylic acids is 1. The fraction of sp³-hybridized carbons (Fsp3) is 0.190. The fourth-order valence-electron chi connectivity index (χ4n) is 2.81. The van der Waals surface area contributed by atoms with Gasteiger partial charge < -0.3 is 5.32 Å². The molecular formula is C21H21ClN2O3S2. The van der Waals surface area contributed by atoms with Crippen LogP contribution in [0.5, 0.6) is 0 Å². The molecule has 0 radical (unpaired) electrons. The Morgan fingerprint density at radius 1 is 1.03 bits per heavy atom. The maximum Gasteiger partial charge on any atom is 0.261 e. The van der Waals surface area contributed by atoms with Crippen LogP contribution in [0.2, 0.25) is 5.02 Å². The summed E-state index contributed by atoms with van der Waals surface area (Å²) in [4.78, 5) is 13.8. The second kappa shape index (κ2) is 8.98. The average molecular weight is 449 g/mol. The average Bonchev–Trinajstić information content (AvgIpc) is 3.22. The monoisotopic (exact) mass is 448 g/mol. The van der Waals surface area contributed by atoms with Gasteiger partial charge in [0.15, 0.2) is 0 Å². The molecule has 29 heavy (non-hydrogen) atoms. The van der Waals surface area contributed by atoms with Crippen molar-refractivity contribution in [1.29, 1.82) is 0 Å². The summed E-state index contributed by atoms with van der Waals surface area (Å²) in [6.07, 6.45) is 0. The van der Waals surface area contributed by atoms with Crippen LogP contribution in [0.1, 0.15) is 35.1 Å². The second-order valence-corrected chi connectivity index (χ2v) is 9.89. The highest BCUT2D eigenvalue weighted by atomic mass is 35.5. The first-order valence-electron chi connectivity index (χ1n) is 8.99. The third-order valence-corrected chi connectivity index (χ3v) is 6.98. The number of hydrogen-bond donors (Lipinski definition) is 2. The van der Waals surface area contributed by atoms with E-state index in [4.69, 9.17) is 11.6 Å². The van der Waals surface area contributed by atoms with Crippen molar-refractivity contribution < 1.29 is 13.2 Å². The predicted octanol–water partition coefficient (Wildman–Crippen LogP) is 5.33. The Morgan fingerprint density at radius 3 is 2.45 bits per heavy atom. The largest absolute Gasteiger partial charge is 0.344 e. The molecule has 1 unspecified atom stereocenters. The van der Waals surface area contributed by atoms with E-state index < -0.39 is 10.0 Å². The molecule has 3 rings (SSSR count). The summed E-state index contributed by atoms with van der Waals surface area (Å²) < 4.78 is 28.0. The number of amides is 1. The van der Waals surface area contributed by atoms with Gasteiger partial charge in [0.05, 0.1) is 21.6 Å². The maximum atomic E-state index is 12.8. The number of rotatable bonds is 7. The number of hydrogen-bond acceptors (Lipinski definition) is 4. The molecule has 0 spiro atoms. The molecule has 3 aromatic rings. The third kappa shape index (κ3) is 5.18. The Balaban J connectivity index is 1.83. The van der Waals surface area contributed by atoms with E-state index in [9.17, 15) is 13.2 Å². The number of carbonyl (C=O) groups is 1. The van der Waals surface area contributed by atoms with Crippen molar-refractivity contribution in [3.63, 3.8) is 0 Å². The van der Waals surface area contributed by atoms with Crippen LogP contribution in [0.25, 0.3) is 0 Å². The molecule has 0 aliphatic heterocycles. The van der Waals surface area contributed by atoms with Crippen molar-refractivity contribution >= 4 is 44.6 Å². The Morgan fingerprint density at radius 2 is 1.79 bits per heavy atom. The summed E-state index contributed by atoms with van der Waals surface area (Å²) in [6.45, 7) is 4.05. The Bertz CT molecular complexity index is 1100. The first-order valence-corrected chi connectivity index (χ1v) is 11.7. The number of nitrogens with one attached hydrogen (secondary N) is 2. The van der Waals surface area contributed by atoms with E-state index in [0.717, 1.165) is 4.88 Å². The van der Waals surface area contributed by atoms with E-state index in [1.807, 2.05) is 31.4 Å². The minimum absolute atomic E-state index is 0.0118. The molecule has 8 heteroatoms.